The first-order valence-corrected chi connectivity index (χ1v) is 9.76. The van der Waals surface area contributed by atoms with E-state index in [1.807, 2.05) is 0 Å². The van der Waals surface area contributed by atoms with Crippen LogP contribution in [0.5, 0.6) is 11.5 Å². The van der Waals surface area contributed by atoms with Crippen LogP contribution in [0.4, 0.5) is 0 Å². The van der Waals surface area contributed by atoms with Crippen molar-refractivity contribution in [3.05, 3.63) is 53.6 Å². The Morgan fingerprint density at radius 3 is 2.56 bits per heavy atom. The highest BCUT2D eigenvalue weighted by atomic mass is 16.5. The lowest BCUT2D eigenvalue weighted by Crippen LogP contribution is -2.40. The second-order valence-corrected chi connectivity index (χ2v) is 7.99. The van der Waals surface area contributed by atoms with Crippen LogP contribution in [0.25, 0.3) is 11.4 Å². The number of H-pyrrole nitrogens is 1. The molecule has 0 aliphatic carbocycles. The van der Waals surface area contributed by atoms with Gasteiger partial charge in [0.1, 0.15) is 11.5 Å². The summed E-state index contributed by atoms with van der Waals surface area (Å²) in [4.78, 5) is 0. The molecule has 2 bridgehead atoms. The number of tetrazole rings is 1. The first-order chi connectivity index (χ1) is 13.3. The summed E-state index contributed by atoms with van der Waals surface area (Å²) in [6.07, 6.45) is 5.11. The maximum Gasteiger partial charge on any atom is 0.179 e. The molecule has 2 fully saturated rings. The van der Waals surface area contributed by atoms with Gasteiger partial charge in [-0.05, 0) is 54.2 Å². The summed E-state index contributed by atoms with van der Waals surface area (Å²) >= 11 is 0. The number of aromatic nitrogens is 4. The number of benzene rings is 2. The Morgan fingerprint density at radius 2 is 1.74 bits per heavy atom. The molecule has 6 rings (SSSR count). The maximum atomic E-state index is 6.31. The van der Waals surface area contributed by atoms with Crippen molar-refractivity contribution in [2.45, 2.75) is 43.7 Å². The van der Waals surface area contributed by atoms with Crippen molar-refractivity contribution in [2.24, 2.45) is 5.92 Å². The molecule has 2 N–H and O–H groups in total. The van der Waals surface area contributed by atoms with E-state index in [2.05, 4.69) is 68.4 Å². The number of para-hydroxylation sites is 1. The molecule has 2 saturated heterocycles. The zero-order chi connectivity index (χ0) is 17.8. The number of fused-ring (bicyclic) bond motifs is 4. The Morgan fingerprint density at radius 1 is 0.926 bits per heavy atom. The van der Waals surface area contributed by atoms with Gasteiger partial charge in [-0.2, -0.15) is 0 Å². The fourth-order valence-electron chi connectivity index (χ4n) is 5.31. The van der Waals surface area contributed by atoms with Crippen LogP contribution in [-0.4, -0.2) is 32.7 Å². The summed E-state index contributed by atoms with van der Waals surface area (Å²) in [5.41, 5.74) is 3.56. The molecule has 0 radical (unpaired) electrons. The highest BCUT2D eigenvalue weighted by Crippen LogP contribution is 2.51. The van der Waals surface area contributed by atoms with Crippen LogP contribution >= 0.6 is 0 Å². The lowest BCUT2D eigenvalue weighted by molar-refractivity contribution is 0.267. The van der Waals surface area contributed by atoms with Gasteiger partial charge in [-0.3, -0.25) is 0 Å². The Bertz CT molecular complexity index is 974. The van der Waals surface area contributed by atoms with Gasteiger partial charge in [0.2, 0.25) is 0 Å². The second kappa shape index (κ2) is 5.89. The molecule has 0 amide bonds. The van der Waals surface area contributed by atoms with E-state index < -0.39 is 0 Å². The molecular formula is C21H21N5O. The van der Waals surface area contributed by atoms with Gasteiger partial charge in [0.15, 0.2) is 5.82 Å². The molecule has 2 aromatic carbocycles. The fourth-order valence-corrected chi connectivity index (χ4v) is 5.31. The Hall–Kier alpha value is -2.73. The lowest BCUT2D eigenvalue weighted by atomic mass is 9.73. The van der Waals surface area contributed by atoms with Gasteiger partial charge in [0.05, 0.1) is 0 Å². The Balaban J connectivity index is 1.46. The molecule has 4 heterocycles. The van der Waals surface area contributed by atoms with Gasteiger partial charge < -0.3 is 10.1 Å². The number of nitrogens with zero attached hydrogens (tertiary/aromatic N) is 3. The van der Waals surface area contributed by atoms with E-state index in [0.29, 0.717) is 29.7 Å². The smallest absolute Gasteiger partial charge is 0.179 e. The van der Waals surface area contributed by atoms with Gasteiger partial charge >= 0.3 is 0 Å². The van der Waals surface area contributed by atoms with Crippen LogP contribution in [0, 0.1) is 5.92 Å². The Kier molecular flexibility index (Phi) is 3.35. The quantitative estimate of drug-likeness (QED) is 0.731. The average Bonchev–Trinajstić information content (AvgIpc) is 3.35. The molecule has 3 aromatic rings. The summed E-state index contributed by atoms with van der Waals surface area (Å²) in [6.45, 7) is 0. The second-order valence-electron chi connectivity index (χ2n) is 7.99. The minimum Gasteiger partial charge on any atom is -0.457 e. The van der Waals surface area contributed by atoms with E-state index in [1.165, 1.54) is 36.8 Å². The molecule has 27 heavy (non-hydrogen) atoms. The molecule has 6 nitrogen and oxygen atoms in total. The Labute approximate surface area is 157 Å². The molecule has 0 saturated carbocycles. The van der Waals surface area contributed by atoms with E-state index in [4.69, 9.17) is 4.74 Å². The number of aromatic amines is 1. The van der Waals surface area contributed by atoms with Crippen molar-refractivity contribution in [1.29, 1.82) is 0 Å². The summed E-state index contributed by atoms with van der Waals surface area (Å²) < 4.78 is 6.31. The van der Waals surface area contributed by atoms with E-state index >= 15 is 0 Å². The summed E-state index contributed by atoms with van der Waals surface area (Å²) in [5.74, 6) is 3.60. The van der Waals surface area contributed by atoms with Crippen molar-refractivity contribution < 1.29 is 4.74 Å². The van der Waals surface area contributed by atoms with Crippen molar-refractivity contribution in [1.82, 2.24) is 25.9 Å². The van der Waals surface area contributed by atoms with Crippen LogP contribution in [0.3, 0.4) is 0 Å². The van der Waals surface area contributed by atoms with Crippen LogP contribution in [-0.2, 0) is 0 Å². The highest BCUT2D eigenvalue weighted by Gasteiger charge is 2.41. The van der Waals surface area contributed by atoms with Crippen molar-refractivity contribution in [2.75, 3.05) is 0 Å². The van der Waals surface area contributed by atoms with E-state index in [9.17, 15) is 0 Å². The largest absolute Gasteiger partial charge is 0.457 e. The predicted octanol–water partition coefficient (Wildman–Crippen LogP) is 3.63. The number of hydrogen-bond acceptors (Lipinski definition) is 5. The van der Waals surface area contributed by atoms with Crippen LogP contribution in [0.15, 0.2) is 42.5 Å². The molecule has 0 spiro atoms. The predicted molar refractivity (Wildman–Crippen MR) is 101 cm³/mol. The summed E-state index contributed by atoms with van der Waals surface area (Å²) in [7, 11) is 0. The van der Waals surface area contributed by atoms with Gasteiger partial charge in [-0.25, -0.2) is 5.10 Å². The monoisotopic (exact) mass is 359 g/mol. The van der Waals surface area contributed by atoms with Crippen molar-refractivity contribution in [3.8, 4) is 22.9 Å². The standard InChI is InChI=1S/C21H21N5O/c1-2-4-18-16(3-1)20(13-9-14-6-7-15(10-13)22-14)17-8-5-12(11-19(17)27-18)21-23-25-26-24-21/h1-5,8,11,13-15,20,22H,6-7,9-10H2,(H,23,24,25,26). The minimum atomic E-state index is 0.386. The number of piperidine rings is 1. The number of rotatable bonds is 2. The van der Waals surface area contributed by atoms with Crippen molar-refractivity contribution in [3.63, 3.8) is 0 Å². The van der Waals surface area contributed by atoms with Gasteiger partial charge in [0.25, 0.3) is 0 Å². The normalized spacial score (nSPS) is 28.3. The molecule has 3 atom stereocenters. The topological polar surface area (TPSA) is 75.7 Å². The number of hydrogen-bond donors (Lipinski definition) is 2. The van der Waals surface area contributed by atoms with Gasteiger partial charge in [-0.1, -0.05) is 30.3 Å². The third kappa shape index (κ3) is 2.47. The minimum absolute atomic E-state index is 0.386. The van der Waals surface area contributed by atoms with Crippen LogP contribution < -0.4 is 10.1 Å². The fraction of sp³-hybridized carbons (Fsp3) is 0.381. The van der Waals surface area contributed by atoms with E-state index in [0.717, 1.165) is 17.1 Å². The molecule has 3 aliphatic rings. The first-order valence-electron chi connectivity index (χ1n) is 9.76. The molecule has 3 aliphatic heterocycles. The molecule has 6 heteroatoms. The molecule has 3 unspecified atom stereocenters. The van der Waals surface area contributed by atoms with Crippen molar-refractivity contribution >= 4 is 0 Å². The summed E-state index contributed by atoms with van der Waals surface area (Å²) in [6, 6.07) is 16.2. The maximum absolute atomic E-state index is 6.31. The van der Waals surface area contributed by atoms with E-state index in [1.54, 1.807) is 0 Å². The molecule has 1 aromatic heterocycles. The van der Waals surface area contributed by atoms with Crippen LogP contribution in [0.1, 0.15) is 42.7 Å². The van der Waals surface area contributed by atoms with Gasteiger partial charge in [-0.15, -0.1) is 5.10 Å². The zero-order valence-corrected chi connectivity index (χ0v) is 14.9. The SMILES string of the molecule is c1ccc2c(c1)Oc1cc(-c3nnn[nH]3)ccc1C2C1CC2CCC(C1)N2. The number of nitrogens with one attached hydrogen (secondary N) is 2. The lowest BCUT2D eigenvalue weighted by Gasteiger charge is -2.38. The third-order valence-electron chi connectivity index (χ3n) is 6.42. The molecule has 136 valence electrons. The molecular weight excluding hydrogens is 338 g/mol. The third-order valence-corrected chi connectivity index (χ3v) is 6.42. The average molecular weight is 359 g/mol. The van der Waals surface area contributed by atoms with Gasteiger partial charge in [0, 0.05) is 34.7 Å². The number of ether oxygens (including phenoxy) is 1. The van der Waals surface area contributed by atoms with Crippen LogP contribution in [0.2, 0.25) is 0 Å². The van der Waals surface area contributed by atoms with E-state index in [-0.39, 0.29) is 0 Å². The zero-order valence-electron chi connectivity index (χ0n) is 14.9. The summed E-state index contributed by atoms with van der Waals surface area (Å²) in [5, 5.41) is 18.0. The first kappa shape index (κ1) is 15.3. The highest BCUT2D eigenvalue weighted by molar-refractivity contribution is 5.63.